The zero-order valence-corrected chi connectivity index (χ0v) is 8.61. The van der Waals surface area contributed by atoms with E-state index >= 15 is 0 Å². The van der Waals surface area contributed by atoms with Crippen LogP contribution in [0.3, 0.4) is 0 Å². The zero-order valence-electron chi connectivity index (χ0n) is 8.61. The smallest absolute Gasteiger partial charge is 0.227 e. The Morgan fingerprint density at radius 1 is 1.38 bits per heavy atom. The molecule has 1 aromatic carbocycles. The molecule has 1 aromatic rings. The maximum atomic E-state index is 10.0. The van der Waals surface area contributed by atoms with Gasteiger partial charge in [0.05, 0.1) is 0 Å². The standard InChI is InChI=1S/C10H13NO5/c12-8-10(15-7-6-11(13)14)16-9-4-2-1-3-5-9/h1-5,10,12H,6-8H2. The lowest BCUT2D eigenvalue weighted by atomic mass is 10.3. The summed E-state index contributed by atoms with van der Waals surface area (Å²) in [6.45, 7) is -0.758. The van der Waals surface area contributed by atoms with Crippen LogP contribution in [0, 0.1) is 10.1 Å². The second-order valence-corrected chi connectivity index (χ2v) is 2.97. The third-order valence-electron chi connectivity index (χ3n) is 1.74. The summed E-state index contributed by atoms with van der Waals surface area (Å²) in [5, 5.41) is 19.0. The summed E-state index contributed by atoms with van der Waals surface area (Å²) in [7, 11) is 0. The van der Waals surface area contributed by atoms with Gasteiger partial charge >= 0.3 is 0 Å². The highest BCUT2D eigenvalue weighted by molar-refractivity contribution is 5.20. The molecule has 6 nitrogen and oxygen atoms in total. The van der Waals surface area contributed by atoms with Gasteiger partial charge in [0.2, 0.25) is 12.8 Å². The van der Waals surface area contributed by atoms with Crippen LogP contribution in [0.2, 0.25) is 0 Å². The van der Waals surface area contributed by atoms with E-state index in [9.17, 15) is 10.1 Å². The van der Waals surface area contributed by atoms with Gasteiger partial charge in [-0.05, 0) is 12.1 Å². The first kappa shape index (κ1) is 12.4. The van der Waals surface area contributed by atoms with Crippen LogP contribution in [0.1, 0.15) is 0 Å². The Morgan fingerprint density at radius 2 is 2.06 bits per heavy atom. The molecule has 0 aliphatic carbocycles. The molecule has 1 atom stereocenters. The van der Waals surface area contributed by atoms with Gasteiger partial charge in [0.25, 0.3) is 0 Å². The Kier molecular flexibility index (Phi) is 5.24. The predicted octanol–water partition coefficient (Wildman–Crippen LogP) is 0.677. The van der Waals surface area contributed by atoms with Crippen molar-refractivity contribution < 1.29 is 19.5 Å². The fourth-order valence-electron chi connectivity index (χ4n) is 1.03. The Labute approximate surface area is 92.6 Å². The minimum atomic E-state index is -0.873. The number of nitrogens with zero attached hydrogens (tertiary/aromatic N) is 1. The van der Waals surface area contributed by atoms with E-state index in [1.54, 1.807) is 24.3 Å². The molecule has 6 heteroatoms. The molecule has 1 N–H and O–H groups in total. The van der Waals surface area contributed by atoms with Crippen molar-refractivity contribution in [1.82, 2.24) is 0 Å². The summed E-state index contributed by atoms with van der Waals surface area (Å²) in [6.07, 6.45) is -0.873. The van der Waals surface area contributed by atoms with Crippen molar-refractivity contribution in [1.29, 1.82) is 0 Å². The molecule has 0 heterocycles. The van der Waals surface area contributed by atoms with Crippen LogP contribution in [0.25, 0.3) is 0 Å². The van der Waals surface area contributed by atoms with Gasteiger partial charge in [0, 0.05) is 4.92 Å². The van der Waals surface area contributed by atoms with Gasteiger partial charge in [-0.3, -0.25) is 10.1 Å². The first-order chi connectivity index (χ1) is 7.72. The van der Waals surface area contributed by atoms with Gasteiger partial charge in [-0.2, -0.15) is 0 Å². The molecular formula is C10H13NO5. The number of rotatable bonds is 7. The fraction of sp³-hybridized carbons (Fsp3) is 0.400. The first-order valence-electron chi connectivity index (χ1n) is 4.78. The van der Waals surface area contributed by atoms with Crippen LogP contribution in [-0.2, 0) is 4.74 Å². The number of hydrogen-bond acceptors (Lipinski definition) is 5. The van der Waals surface area contributed by atoms with E-state index in [2.05, 4.69) is 0 Å². The summed E-state index contributed by atoms with van der Waals surface area (Å²) in [4.78, 5) is 9.56. The molecule has 0 saturated carbocycles. The zero-order chi connectivity index (χ0) is 11.8. The van der Waals surface area contributed by atoms with E-state index in [1.807, 2.05) is 6.07 Å². The summed E-state index contributed by atoms with van der Waals surface area (Å²) >= 11 is 0. The first-order valence-corrected chi connectivity index (χ1v) is 4.78. The largest absolute Gasteiger partial charge is 0.462 e. The number of aliphatic hydroxyl groups is 1. The second kappa shape index (κ2) is 6.76. The number of para-hydroxylation sites is 1. The SMILES string of the molecule is O=[N+]([O-])CCOC(CO)Oc1ccccc1. The molecule has 0 fully saturated rings. The fourth-order valence-corrected chi connectivity index (χ4v) is 1.03. The van der Waals surface area contributed by atoms with Crippen molar-refractivity contribution in [2.75, 3.05) is 19.8 Å². The highest BCUT2D eigenvalue weighted by Crippen LogP contribution is 2.11. The minimum Gasteiger partial charge on any atom is -0.462 e. The minimum absolute atomic E-state index is 0.0922. The lowest BCUT2D eigenvalue weighted by molar-refractivity contribution is -0.485. The molecule has 16 heavy (non-hydrogen) atoms. The van der Waals surface area contributed by atoms with Crippen molar-refractivity contribution in [3.05, 3.63) is 40.4 Å². The second-order valence-electron chi connectivity index (χ2n) is 2.97. The molecule has 0 saturated heterocycles. The van der Waals surface area contributed by atoms with Crippen molar-refractivity contribution >= 4 is 0 Å². The highest BCUT2D eigenvalue weighted by atomic mass is 16.7. The maximum absolute atomic E-state index is 10.0. The summed E-state index contributed by atoms with van der Waals surface area (Å²) < 4.78 is 10.2. The van der Waals surface area contributed by atoms with Crippen molar-refractivity contribution in [3.8, 4) is 5.75 Å². The molecular weight excluding hydrogens is 214 g/mol. The molecule has 0 radical (unpaired) electrons. The van der Waals surface area contributed by atoms with E-state index in [-0.39, 0.29) is 19.8 Å². The van der Waals surface area contributed by atoms with Crippen LogP contribution in [-0.4, -0.2) is 36.1 Å². The van der Waals surface area contributed by atoms with Gasteiger partial charge in [0.1, 0.15) is 19.0 Å². The van der Waals surface area contributed by atoms with E-state index < -0.39 is 11.2 Å². The predicted molar refractivity (Wildman–Crippen MR) is 55.8 cm³/mol. The summed E-state index contributed by atoms with van der Waals surface area (Å²) in [5.41, 5.74) is 0. The van der Waals surface area contributed by atoms with Crippen molar-refractivity contribution in [3.63, 3.8) is 0 Å². The van der Waals surface area contributed by atoms with Gasteiger partial charge in [-0.15, -0.1) is 0 Å². The third kappa shape index (κ3) is 4.72. The van der Waals surface area contributed by atoms with Gasteiger partial charge in [-0.1, -0.05) is 18.2 Å². The highest BCUT2D eigenvalue weighted by Gasteiger charge is 2.10. The Hall–Kier alpha value is -1.66. The Morgan fingerprint density at radius 3 is 2.62 bits per heavy atom. The van der Waals surface area contributed by atoms with E-state index in [4.69, 9.17) is 14.6 Å². The topological polar surface area (TPSA) is 81.8 Å². The molecule has 0 bridgehead atoms. The molecule has 0 spiro atoms. The van der Waals surface area contributed by atoms with Crippen LogP contribution < -0.4 is 4.74 Å². The van der Waals surface area contributed by atoms with Gasteiger partial charge in [-0.25, -0.2) is 0 Å². The lowest BCUT2D eigenvalue weighted by Crippen LogP contribution is -2.27. The molecule has 0 aromatic heterocycles. The summed E-state index contributed by atoms with van der Waals surface area (Å²) in [5.74, 6) is 0.544. The number of benzene rings is 1. The molecule has 0 aliphatic rings. The average Bonchev–Trinajstić information content (AvgIpc) is 2.28. The Balaban J connectivity index is 2.34. The number of ether oxygens (including phenoxy) is 2. The van der Waals surface area contributed by atoms with Gasteiger partial charge in [0.15, 0.2) is 0 Å². The average molecular weight is 227 g/mol. The maximum Gasteiger partial charge on any atom is 0.227 e. The number of nitro groups is 1. The molecule has 88 valence electrons. The normalized spacial score (nSPS) is 12.1. The van der Waals surface area contributed by atoms with E-state index in [0.29, 0.717) is 5.75 Å². The quantitative estimate of drug-likeness (QED) is 0.420. The van der Waals surface area contributed by atoms with Crippen molar-refractivity contribution in [2.24, 2.45) is 0 Å². The van der Waals surface area contributed by atoms with Gasteiger partial charge < -0.3 is 14.6 Å². The molecule has 1 unspecified atom stereocenters. The lowest BCUT2D eigenvalue weighted by Gasteiger charge is -2.16. The molecule has 1 rings (SSSR count). The van der Waals surface area contributed by atoms with Crippen LogP contribution in [0.4, 0.5) is 0 Å². The molecule has 0 aliphatic heterocycles. The summed E-state index contributed by atoms with van der Waals surface area (Å²) in [6, 6.07) is 8.80. The van der Waals surface area contributed by atoms with Crippen LogP contribution in [0.15, 0.2) is 30.3 Å². The van der Waals surface area contributed by atoms with E-state index in [0.717, 1.165) is 0 Å². The molecule has 0 amide bonds. The number of aliphatic hydroxyl groups excluding tert-OH is 1. The van der Waals surface area contributed by atoms with E-state index in [1.165, 1.54) is 0 Å². The monoisotopic (exact) mass is 227 g/mol. The Bertz CT molecular complexity index is 316. The van der Waals surface area contributed by atoms with Crippen LogP contribution >= 0.6 is 0 Å². The van der Waals surface area contributed by atoms with Crippen LogP contribution in [0.5, 0.6) is 5.75 Å². The third-order valence-corrected chi connectivity index (χ3v) is 1.74. The number of hydrogen-bond donors (Lipinski definition) is 1. The van der Waals surface area contributed by atoms with Crippen molar-refractivity contribution in [2.45, 2.75) is 6.29 Å².